The number of anilines is 2. The summed E-state index contributed by atoms with van der Waals surface area (Å²) < 4.78 is 37.7. The summed E-state index contributed by atoms with van der Waals surface area (Å²) in [5.74, 6) is 0.516. The Balaban J connectivity index is 2.16. The third kappa shape index (κ3) is 4.59. The van der Waals surface area contributed by atoms with E-state index in [0.717, 1.165) is 11.3 Å². The number of hydrogen-bond acceptors (Lipinski definition) is 6. The van der Waals surface area contributed by atoms with Crippen LogP contribution in [-0.2, 0) is 14.8 Å². The summed E-state index contributed by atoms with van der Waals surface area (Å²) in [7, 11) is -0.735. The van der Waals surface area contributed by atoms with Crippen molar-refractivity contribution in [1.82, 2.24) is 4.98 Å². The summed E-state index contributed by atoms with van der Waals surface area (Å²) in [6.45, 7) is 3.03. The van der Waals surface area contributed by atoms with Gasteiger partial charge in [-0.15, -0.1) is 0 Å². The first-order valence-electron chi connectivity index (χ1n) is 7.32. The first-order chi connectivity index (χ1) is 11.5. The highest BCUT2D eigenvalue weighted by Gasteiger charge is 2.20. The van der Waals surface area contributed by atoms with Gasteiger partial charge in [-0.3, -0.25) is 4.72 Å². The molecule has 0 radical (unpaired) electrons. The molecule has 0 saturated carbocycles. The molecule has 24 heavy (non-hydrogen) atoms. The minimum atomic E-state index is -3.79. The maximum absolute atomic E-state index is 12.6. The van der Waals surface area contributed by atoms with Crippen LogP contribution in [0, 0.1) is 6.92 Å². The lowest BCUT2D eigenvalue weighted by atomic mass is 10.2. The molecule has 1 aromatic carbocycles. The van der Waals surface area contributed by atoms with Crippen molar-refractivity contribution in [3.8, 4) is 5.75 Å². The van der Waals surface area contributed by atoms with Crippen LogP contribution in [0.4, 0.5) is 11.5 Å². The van der Waals surface area contributed by atoms with Gasteiger partial charge in [-0.25, -0.2) is 13.4 Å². The first-order valence-corrected chi connectivity index (χ1v) is 8.81. The Morgan fingerprint density at radius 1 is 1.17 bits per heavy atom. The zero-order chi connectivity index (χ0) is 17.6. The predicted molar refractivity (Wildman–Crippen MR) is 93.1 cm³/mol. The number of methoxy groups -OCH3 is 2. The maximum atomic E-state index is 12.6. The molecule has 1 aromatic heterocycles. The van der Waals surface area contributed by atoms with Gasteiger partial charge in [-0.1, -0.05) is 6.07 Å². The zero-order valence-corrected chi connectivity index (χ0v) is 14.7. The molecule has 2 rings (SSSR count). The van der Waals surface area contributed by atoms with E-state index in [4.69, 9.17) is 9.47 Å². The van der Waals surface area contributed by atoms with Crippen LogP contribution in [0.5, 0.6) is 5.75 Å². The number of aromatic nitrogens is 1. The average molecular weight is 351 g/mol. The van der Waals surface area contributed by atoms with Gasteiger partial charge in [0.2, 0.25) is 0 Å². The molecule has 0 aliphatic carbocycles. The highest BCUT2D eigenvalue weighted by atomic mass is 32.2. The minimum absolute atomic E-state index is 0.0779. The van der Waals surface area contributed by atoms with Crippen LogP contribution in [0.1, 0.15) is 5.56 Å². The molecular weight excluding hydrogens is 330 g/mol. The Morgan fingerprint density at radius 3 is 2.58 bits per heavy atom. The Hall–Kier alpha value is -2.32. The second-order valence-electron chi connectivity index (χ2n) is 5.11. The molecule has 8 heteroatoms. The standard InChI is InChI=1S/C16H21N3O4S/c1-12-4-6-14(23-3)15(10-12)24(20,21)19-16-7-5-13(11-18-16)17-8-9-22-2/h4-7,10-11,17H,8-9H2,1-3H3,(H,18,19). The van der Waals surface area contributed by atoms with Crippen molar-refractivity contribution in [1.29, 1.82) is 0 Å². The molecule has 0 fully saturated rings. The number of ether oxygens (including phenoxy) is 2. The van der Waals surface area contributed by atoms with Crippen LogP contribution in [0.2, 0.25) is 0 Å². The van der Waals surface area contributed by atoms with Gasteiger partial charge in [0.05, 0.1) is 25.6 Å². The first kappa shape index (κ1) is 18.0. The second-order valence-corrected chi connectivity index (χ2v) is 6.76. The number of nitrogens with zero attached hydrogens (tertiary/aromatic N) is 1. The molecule has 2 N–H and O–H groups in total. The fourth-order valence-electron chi connectivity index (χ4n) is 2.04. The Kier molecular flexibility index (Phi) is 5.99. The van der Waals surface area contributed by atoms with Crippen LogP contribution in [-0.4, -0.2) is 40.8 Å². The van der Waals surface area contributed by atoms with Crippen molar-refractivity contribution in [2.75, 3.05) is 37.4 Å². The predicted octanol–water partition coefficient (Wildman–Crippen LogP) is 2.26. The largest absolute Gasteiger partial charge is 0.495 e. The monoisotopic (exact) mass is 351 g/mol. The van der Waals surface area contributed by atoms with E-state index in [1.807, 2.05) is 6.92 Å². The van der Waals surface area contributed by atoms with Crippen LogP contribution in [0.15, 0.2) is 41.4 Å². The summed E-state index contributed by atoms with van der Waals surface area (Å²) >= 11 is 0. The molecule has 7 nitrogen and oxygen atoms in total. The molecule has 0 amide bonds. The SMILES string of the molecule is COCCNc1ccc(NS(=O)(=O)c2cc(C)ccc2OC)nc1. The summed E-state index contributed by atoms with van der Waals surface area (Å²) in [4.78, 5) is 4.19. The molecule has 0 saturated heterocycles. The number of rotatable bonds is 8. The van der Waals surface area contributed by atoms with Crippen molar-refractivity contribution in [2.24, 2.45) is 0 Å². The molecule has 0 spiro atoms. The lowest BCUT2D eigenvalue weighted by molar-refractivity contribution is 0.211. The van der Waals surface area contributed by atoms with Gasteiger partial charge in [-0.05, 0) is 36.8 Å². The number of aryl methyl sites for hydroxylation is 1. The van der Waals surface area contributed by atoms with Gasteiger partial charge < -0.3 is 14.8 Å². The number of sulfonamides is 1. The van der Waals surface area contributed by atoms with E-state index in [1.165, 1.54) is 7.11 Å². The van der Waals surface area contributed by atoms with E-state index in [2.05, 4.69) is 15.0 Å². The van der Waals surface area contributed by atoms with Crippen molar-refractivity contribution in [3.63, 3.8) is 0 Å². The fraction of sp³-hybridized carbons (Fsp3) is 0.312. The third-order valence-corrected chi connectivity index (χ3v) is 4.62. The summed E-state index contributed by atoms with van der Waals surface area (Å²) in [5, 5.41) is 3.11. The Labute approximate surface area is 142 Å². The topological polar surface area (TPSA) is 89.6 Å². The molecule has 0 bridgehead atoms. The third-order valence-electron chi connectivity index (χ3n) is 3.25. The smallest absolute Gasteiger partial charge is 0.266 e. The number of nitrogens with one attached hydrogen (secondary N) is 2. The summed E-state index contributed by atoms with van der Waals surface area (Å²) in [6, 6.07) is 8.31. The maximum Gasteiger partial charge on any atom is 0.266 e. The van der Waals surface area contributed by atoms with Gasteiger partial charge >= 0.3 is 0 Å². The summed E-state index contributed by atoms with van der Waals surface area (Å²) in [6.07, 6.45) is 1.56. The van der Waals surface area contributed by atoms with Crippen LogP contribution in [0.3, 0.4) is 0 Å². The van der Waals surface area contributed by atoms with Crippen LogP contribution >= 0.6 is 0 Å². The lowest BCUT2D eigenvalue weighted by Gasteiger charge is -2.12. The van der Waals surface area contributed by atoms with Crippen molar-refractivity contribution in [2.45, 2.75) is 11.8 Å². The Morgan fingerprint density at radius 2 is 1.96 bits per heavy atom. The Bertz CT molecular complexity index is 776. The molecule has 0 aliphatic rings. The molecule has 0 aliphatic heterocycles. The second kappa shape index (κ2) is 7.98. The quantitative estimate of drug-likeness (QED) is 0.709. The molecule has 0 atom stereocenters. The molecule has 2 aromatic rings. The van der Waals surface area contributed by atoms with E-state index >= 15 is 0 Å². The highest BCUT2D eigenvalue weighted by Crippen LogP contribution is 2.26. The van der Waals surface area contributed by atoms with Crippen LogP contribution in [0.25, 0.3) is 0 Å². The van der Waals surface area contributed by atoms with E-state index in [-0.39, 0.29) is 16.5 Å². The summed E-state index contributed by atoms with van der Waals surface area (Å²) in [5.41, 5.74) is 1.60. The number of benzene rings is 1. The van der Waals surface area contributed by atoms with Crippen molar-refractivity contribution in [3.05, 3.63) is 42.1 Å². The molecule has 130 valence electrons. The van der Waals surface area contributed by atoms with Gasteiger partial charge in [0.15, 0.2) is 0 Å². The zero-order valence-electron chi connectivity index (χ0n) is 13.9. The van der Waals surface area contributed by atoms with E-state index < -0.39 is 10.0 Å². The lowest BCUT2D eigenvalue weighted by Crippen LogP contribution is -2.15. The highest BCUT2D eigenvalue weighted by molar-refractivity contribution is 7.92. The van der Waals surface area contributed by atoms with Gasteiger partial charge in [0.25, 0.3) is 10.0 Å². The van der Waals surface area contributed by atoms with E-state index in [9.17, 15) is 8.42 Å². The average Bonchev–Trinajstić information content (AvgIpc) is 2.56. The van der Waals surface area contributed by atoms with Gasteiger partial charge in [0.1, 0.15) is 16.5 Å². The van der Waals surface area contributed by atoms with Crippen molar-refractivity contribution >= 4 is 21.5 Å². The van der Waals surface area contributed by atoms with E-state index in [1.54, 1.807) is 43.6 Å². The van der Waals surface area contributed by atoms with Gasteiger partial charge in [0, 0.05) is 13.7 Å². The van der Waals surface area contributed by atoms with Crippen LogP contribution < -0.4 is 14.8 Å². The minimum Gasteiger partial charge on any atom is -0.495 e. The molecule has 1 heterocycles. The number of hydrogen-bond donors (Lipinski definition) is 2. The fourth-order valence-corrected chi connectivity index (χ4v) is 3.31. The number of pyridine rings is 1. The molecule has 0 unspecified atom stereocenters. The van der Waals surface area contributed by atoms with Crippen molar-refractivity contribution < 1.29 is 17.9 Å². The van der Waals surface area contributed by atoms with E-state index in [0.29, 0.717) is 13.2 Å². The molecular formula is C16H21N3O4S. The normalized spacial score (nSPS) is 11.1. The van der Waals surface area contributed by atoms with Gasteiger partial charge in [-0.2, -0.15) is 0 Å².